The number of carbonyl (C=O) groups is 1. The molecule has 5 heteroatoms. The average molecular weight is 352 g/mol. The molecular formula is C21H28N4O. The van der Waals surface area contributed by atoms with E-state index in [4.69, 9.17) is 0 Å². The van der Waals surface area contributed by atoms with Crippen molar-refractivity contribution in [2.45, 2.75) is 26.3 Å². The third-order valence-electron chi connectivity index (χ3n) is 5.96. The van der Waals surface area contributed by atoms with E-state index < -0.39 is 0 Å². The molecule has 5 nitrogen and oxygen atoms in total. The first-order valence-corrected chi connectivity index (χ1v) is 9.78. The van der Waals surface area contributed by atoms with E-state index >= 15 is 0 Å². The van der Waals surface area contributed by atoms with Crippen molar-refractivity contribution in [3.63, 3.8) is 0 Å². The maximum absolute atomic E-state index is 13.0. The van der Waals surface area contributed by atoms with Gasteiger partial charge in [0.15, 0.2) is 0 Å². The summed E-state index contributed by atoms with van der Waals surface area (Å²) in [6, 6.07) is 10.5. The summed E-state index contributed by atoms with van der Waals surface area (Å²) in [5.74, 6) is 0.0774. The van der Waals surface area contributed by atoms with E-state index in [-0.39, 0.29) is 5.91 Å². The standard InChI is InChI=1S/C21H28N4O/c1-3-23-10-12-24(13-11-23)17-8-9-25(15-17)21(26)20-14-16(2)18-6-4-5-7-19(18)22-20/h4-7,14,17H,3,8-13,15H2,1-2H3. The van der Waals surface area contributed by atoms with Crippen LogP contribution in [-0.2, 0) is 0 Å². The number of pyridine rings is 1. The molecule has 2 aliphatic rings. The Hall–Kier alpha value is -1.98. The second-order valence-corrected chi connectivity index (χ2v) is 7.51. The summed E-state index contributed by atoms with van der Waals surface area (Å²) in [5, 5.41) is 1.12. The van der Waals surface area contributed by atoms with Gasteiger partial charge in [-0.05, 0) is 37.6 Å². The van der Waals surface area contributed by atoms with Crippen LogP contribution in [0.5, 0.6) is 0 Å². The van der Waals surface area contributed by atoms with E-state index in [0.29, 0.717) is 11.7 Å². The van der Waals surface area contributed by atoms with Crippen LogP contribution >= 0.6 is 0 Å². The number of rotatable bonds is 3. The summed E-state index contributed by atoms with van der Waals surface area (Å²) in [5.41, 5.74) is 2.60. The molecular weight excluding hydrogens is 324 g/mol. The lowest BCUT2D eigenvalue weighted by Gasteiger charge is -2.37. The molecule has 3 heterocycles. The number of likely N-dealkylation sites (N-methyl/N-ethyl adjacent to an activating group) is 1. The van der Waals surface area contributed by atoms with Crippen LogP contribution in [0.3, 0.4) is 0 Å². The lowest BCUT2D eigenvalue weighted by Crippen LogP contribution is -2.51. The van der Waals surface area contributed by atoms with Gasteiger partial charge < -0.3 is 9.80 Å². The topological polar surface area (TPSA) is 39.7 Å². The fourth-order valence-corrected chi connectivity index (χ4v) is 4.29. The van der Waals surface area contributed by atoms with Crippen LogP contribution in [0.15, 0.2) is 30.3 Å². The van der Waals surface area contributed by atoms with Crippen molar-refractivity contribution in [2.75, 3.05) is 45.8 Å². The van der Waals surface area contributed by atoms with Crippen LogP contribution in [-0.4, -0.2) is 77.4 Å². The fourth-order valence-electron chi connectivity index (χ4n) is 4.29. The maximum Gasteiger partial charge on any atom is 0.272 e. The SMILES string of the molecule is CCN1CCN(C2CCN(C(=O)c3cc(C)c4ccccc4n3)C2)CC1. The molecule has 0 radical (unpaired) electrons. The van der Waals surface area contributed by atoms with Gasteiger partial charge in [-0.15, -0.1) is 0 Å². The van der Waals surface area contributed by atoms with E-state index in [9.17, 15) is 4.79 Å². The minimum absolute atomic E-state index is 0.0774. The summed E-state index contributed by atoms with van der Waals surface area (Å²) in [6.07, 6.45) is 1.07. The molecule has 4 rings (SSSR count). The van der Waals surface area contributed by atoms with E-state index in [0.717, 1.165) is 68.7 Å². The second kappa shape index (κ2) is 7.33. The highest BCUT2D eigenvalue weighted by Crippen LogP contribution is 2.22. The van der Waals surface area contributed by atoms with Gasteiger partial charge in [0.2, 0.25) is 0 Å². The number of aromatic nitrogens is 1. The molecule has 1 aromatic heterocycles. The highest BCUT2D eigenvalue weighted by Gasteiger charge is 2.32. The second-order valence-electron chi connectivity index (χ2n) is 7.51. The predicted molar refractivity (Wildman–Crippen MR) is 104 cm³/mol. The first kappa shape index (κ1) is 17.4. The van der Waals surface area contributed by atoms with Gasteiger partial charge in [0.1, 0.15) is 5.69 Å². The molecule has 0 aliphatic carbocycles. The Morgan fingerprint density at radius 3 is 2.69 bits per heavy atom. The van der Waals surface area contributed by atoms with Crippen molar-refractivity contribution in [2.24, 2.45) is 0 Å². The highest BCUT2D eigenvalue weighted by atomic mass is 16.2. The molecule has 0 N–H and O–H groups in total. The number of benzene rings is 1. The van der Waals surface area contributed by atoms with Crippen LogP contribution in [0.25, 0.3) is 10.9 Å². The van der Waals surface area contributed by atoms with Crippen LogP contribution in [0, 0.1) is 6.92 Å². The Balaban J connectivity index is 1.45. The van der Waals surface area contributed by atoms with Gasteiger partial charge in [-0.25, -0.2) is 4.98 Å². The summed E-state index contributed by atoms with van der Waals surface area (Å²) >= 11 is 0. The Labute approximate surface area is 155 Å². The average Bonchev–Trinajstić information content (AvgIpc) is 3.17. The quantitative estimate of drug-likeness (QED) is 0.850. The number of para-hydroxylation sites is 1. The number of nitrogens with zero attached hydrogens (tertiary/aromatic N) is 4. The van der Waals surface area contributed by atoms with Gasteiger partial charge in [0, 0.05) is 50.7 Å². The monoisotopic (exact) mass is 352 g/mol. The van der Waals surface area contributed by atoms with Crippen LogP contribution in [0.1, 0.15) is 29.4 Å². The molecule has 0 spiro atoms. The Bertz CT molecular complexity index is 798. The number of aryl methyl sites for hydroxylation is 1. The fraction of sp³-hybridized carbons (Fsp3) is 0.524. The van der Waals surface area contributed by atoms with Gasteiger partial charge in [0.05, 0.1) is 5.52 Å². The first-order valence-electron chi connectivity index (χ1n) is 9.78. The Kier molecular flexibility index (Phi) is 4.92. The molecule has 1 amide bonds. The van der Waals surface area contributed by atoms with Gasteiger partial charge in [-0.2, -0.15) is 0 Å². The van der Waals surface area contributed by atoms with Crippen LogP contribution in [0.2, 0.25) is 0 Å². The number of hydrogen-bond acceptors (Lipinski definition) is 4. The summed E-state index contributed by atoms with van der Waals surface area (Å²) in [7, 11) is 0. The zero-order chi connectivity index (χ0) is 18.1. The molecule has 138 valence electrons. The van der Waals surface area contributed by atoms with E-state index in [1.54, 1.807) is 0 Å². The zero-order valence-electron chi connectivity index (χ0n) is 15.8. The molecule has 2 saturated heterocycles. The minimum atomic E-state index is 0.0774. The zero-order valence-corrected chi connectivity index (χ0v) is 15.8. The van der Waals surface area contributed by atoms with Crippen LogP contribution < -0.4 is 0 Å². The third-order valence-corrected chi connectivity index (χ3v) is 5.96. The van der Waals surface area contributed by atoms with Crippen molar-refractivity contribution in [1.82, 2.24) is 19.7 Å². The van der Waals surface area contributed by atoms with Gasteiger partial charge in [-0.1, -0.05) is 25.1 Å². The molecule has 2 aliphatic heterocycles. The van der Waals surface area contributed by atoms with Gasteiger partial charge >= 0.3 is 0 Å². The first-order chi connectivity index (χ1) is 12.7. The van der Waals surface area contributed by atoms with Crippen molar-refractivity contribution >= 4 is 16.8 Å². The lowest BCUT2D eigenvalue weighted by atomic mass is 10.1. The van der Waals surface area contributed by atoms with Crippen molar-refractivity contribution < 1.29 is 4.79 Å². The molecule has 0 bridgehead atoms. The number of fused-ring (bicyclic) bond motifs is 1. The van der Waals surface area contributed by atoms with Gasteiger partial charge in [-0.3, -0.25) is 9.69 Å². The molecule has 0 saturated carbocycles. The molecule has 2 fully saturated rings. The number of carbonyl (C=O) groups excluding carboxylic acids is 1. The molecule has 26 heavy (non-hydrogen) atoms. The Morgan fingerprint density at radius 2 is 1.92 bits per heavy atom. The van der Waals surface area contributed by atoms with E-state index in [2.05, 4.69) is 34.7 Å². The molecule has 1 aromatic carbocycles. The number of amides is 1. The van der Waals surface area contributed by atoms with E-state index in [1.165, 1.54) is 0 Å². The molecule has 2 aromatic rings. The maximum atomic E-state index is 13.0. The van der Waals surface area contributed by atoms with Crippen molar-refractivity contribution in [1.29, 1.82) is 0 Å². The number of hydrogen-bond donors (Lipinski definition) is 0. The number of likely N-dealkylation sites (tertiary alicyclic amines) is 1. The summed E-state index contributed by atoms with van der Waals surface area (Å²) in [6.45, 7) is 11.6. The smallest absolute Gasteiger partial charge is 0.272 e. The largest absolute Gasteiger partial charge is 0.336 e. The van der Waals surface area contributed by atoms with Crippen molar-refractivity contribution in [3.05, 3.63) is 41.6 Å². The number of piperazine rings is 1. The van der Waals surface area contributed by atoms with Crippen LogP contribution in [0.4, 0.5) is 0 Å². The predicted octanol–water partition coefficient (Wildman–Crippen LogP) is 2.40. The van der Waals surface area contributed by atoms with Gasteiger partial charge in [0.25, 0.3) is 5.91 Å². The minimum Gasteiger partial charge on any atom is -0.336 e. The summed E-state index contributed by atoms with van der Waals surface area (Å²) in [4.78, 5) is 24.7. The molecule has 1 atom stereocenters. The lowest BCUT2D eigenvalue weighted by molar-refractivity contribution is 0.0740. The normalized spacial score (nSPS) is 22.2. The van der Waals surface area contributed by atoms with E-state index in [1.807, 2.05) is 29.2 Å². The highest BCUT2D eigenvalue weighted by molar-refractivity contribution is 5.96. The molecule has 1 unspecified atom stereocenters. The third kappa shape index (κ3) is 3.33. The Morgan fingerprint density at radius 1 is 1.15 bits per heavy atom. The summed E-state index contributed by atoms with van der Waals surface area (Å²) < 4.78 is 0. The van der Waals surface area contributed by atoms with Crippen molar-refractivity contribution in [3.8, 4) is 0 Å².